The molecule has 0 aromatic heterocycles. The summed E-state index contributed by atoms with van der Waals surface area (Å²) < 4.78 is 17.2. The van der Waals surface area contributed by atoms with Gasteiger partial charge in [0.05, 0.1) is 28.9 Å². The lowest BCUT2D eigenvalue weighted by Crippen LogP contribution is -2.33. The molecule has 1 amide bonds. The average Bonchev–Trinajstić information content (AvgIpc) is 2.82. The average molecular weight is 566 g/mol. The Labute approximate surface area is 214 Å². The Morgan fingerprint density at radius 1 is 1.00 bits per heavy atom. The number of nitrogens with one attached hydrogen (secondary N) is 1. The zero-order chi connectivity index (χ0) is 24.7. The van der Waals surface area contributed by atoms with E-state index in [4.69, 9.17) is 37.4 Å². The smallest absolute Gasteiger partial charge is 0.343 e. The highest BCUT2D eigenvalue weighted by atomic mass is 79.9. The zero-order valence-corrected chi connectivity index (χ0v) is 21.1. The van der Waals surface area contributed by atoms with Gasteiger partial charge in [0.25, 0.3) is 5.91 Å². The van der Waals surface area contributed by atoms with Gasteiger partial charge in [-0.1, -0.05) is 39.1 Å². The van der Waals surface area contributed by atoms with E-state index in [1.165, 1.54) is 31.5 Å². The summed E-state index contributed by atoms with van der Waals surface area (Å²) in [5.74, 6) is 0.0288. The van der Waals surface area contributed by atoms with Crippen LogP contribution in [0, 0.1) is 0 Å². The molecule has 0 saturated carbocycles. The first-order valence-electron chi connectivity index (χ1n) is 9.87. The van der Waals surface area contributed by atoms with Crippen molar-refractivity contribution in [3.05, 3.63) is 86.3 Å². The van der Waals surface area contributed by atoms with E-state index in [2.05, 4.69) is 26.5 Å². The van der Waals surface area contributed by atoms with Gasteiger partial charge in [-0.05, 0) is 73.2 Å². The number of nitrogens with zero attached hydrogens (tertiary/aromatic N) is 1. The summed E-state index contributed by atoms with van der Waals surface area (Å²) in [6.07, 6.45) is 0.674. The fourth-order valence-electron chi connectivity index (χ4n) is 2.66. The molecule has 3 rings (SSSR count). The van der Waals surface area contributed by atoms with Crippen LogP contribution in [0.3, 0.4) is 0 Å². The third-order valence-corrected chi connectivity index (χ3v) is 5.70. The zero-order valence-electron chi connectivity index (χ0n) is 18.1. The van der Waals surface area contributed by atoms with Crippen LogP contribution >= 0.6 is 39.1 Å². The third-order valence-electron chi connectivity index (χ3n) is 4.43. The number of benzene rings is 3. The number of esters is 1. The summed E-state index contributed by atoms with van der Waals surface area (Å²) >= 11 is 15.2. The molecular weight excluding hydrogens is 547 g/mol. The Balaban J connectivity index is 1.60. The van der Waals surface area contributed by atoms with E-state index in [1.807, 2.05) is 12.1 Å². The molecule has 176 valence electrons. The fraction of sp³-hybridized carbons (Fsp3) is 0.125. The molecule has 0 aliphatic rings. The van der Waals surface area contributed by atoms with Crippen molar-refractivity contribution in [2.24, 2.45) is 5.10 Å². The predicted octanol–water partition coefficient (Wildman–Crippen LogP) is 5.90. The number of ether oxygens (including phenoxy) is 3. The lowest BCUT2D eigenvalue weighted by atomic mass is 10.2. The Bertz CT molecular complexity index is 1220. The molecular formula is C24H19BrCl2N2O5. The first-order chi connectivity index (χ1) is 16.3. The lowest BCUT2D eigenvalue weighted by Gasteiger charge is -2.13. The molecule has 3 aromatic carbocycles. The minimum atomic E-state index is -0.754. The number of hydrazone groups is 1. The van der Waals surface area contributed by atoms with Gasteiger partial charge in [-0.25, -0.2) is 10.2 Å². The van der Waals surface area contributed by atoms with Crippen molar-refractivity contribution in [1.82, 2.24) is 5.43 Å². The van der Waals surface area contributed by atoms with Gasteiger partial charge in [-0.3, -0.25) is 4.79 Å². The van der Waals surface area contributed by atoms with Crippen molar-refractivity contribution in [1.29, 1.82) is 0 Å². The molecule has 0 radical (unpaired) electrons. The van der Waals surface area contributed by atoms with E-state index < -0.39 is 18.0 Å². The molecule has 0 bridgehead atoms. The van der Waals surface area contributed by atoms with E-state index in [0.29, 0.717) is 22.1 Å². The third kappa shape index (κ3) is 6.96. The SMILES string of the molecule is COc1cc(C=NNC(=O)C(C)Oc2ccc(Br)cc2)ccc1OC(=O)c1ccc(Cl)c(Cl)c1. The van der Waals surface area contributed by atoms with E-state index in [1.54, 1.807) is 37.3 Å². The molecule has 1 N–H and O–H groups in total. The van der Waals surface area contributed by atoms with Crippen LogP contribution in [-0.4, -0.2) is 31.3 Å². The quantitative estimate of drug-likeness (QED) is 0.159. The molecule has 0 fully saturated rings. The van der Waals surface area contributed by atoms with Crippen molar-refractivity contribution >= 4 is 57.2 Å². The maximum absolute atomic E-state index is 12.4. The van der Waals surface area contributed by atoms with Crippen LogP contribution in [0.15, 0.2) is 70.2 Å². The van der Waals surface area contributed by atoms with E-state index in [-0.39, 0.29) is 16.3 Å². The largest absolute Gasteiger partial charge is 0.493 e. The van der Waals surface area contributed by atoms with Crippen molar-refractivity contribution < 1.29 is 23.8 Å². The number of amides is 1. The molecule has 10 heteroatoms. The monoisotopic (exact) mass is 564 g/mol. The van der Waals surface area contributed by atoms with Crippen LogP contribution in [0.4, 0.5) is 0 Å². The van der Waals surface area contributed by atoms with Gasteiger partial charge in [-0.15, -0.1) is 0 Å². The summed E-state index contributed by atoms with van der Waals surface area (Å²) in [7, 11) is 1.44. The number of rotatable bonds is 8. The number of hydrogen-bond acceptors (Lipinski definition) is 6. The maximum Gasteiger partial charge on any atom is 0.343 e. The minimum Gasteiger partial charge on any atom is -0.493 e. The van der Waals surface area contributed by atoms with E-state index in [0.717, 1.165) is 4.47 Å². The minimum absolute atomic E-state index is 0.205. The molecule has 0 spiro atoms. The first-order valence-corrected chi connectivity index (χ1v) is 11.4. The van der Waals surface area contributed by atoms with E-state index >= 15 is 0 Å². The molecule has 0 saturated heterocycles. The summed E-state index contributed by atoms with van der Waals surface area (Å²) in [6.45, 7) is 1.62. The molecule has 0 aliphatic heterocycles. The van der Waals surface area contributed by atoms with Gasteiger partial charge < -0.3 is 14.2 Å². The number of halogens is 3. The van der Waals surface area contributed by atoms with Crippen LogP contribution in [-0.2, 0) is 4.79 Å². The standard InChI is InChI=1S/C24H19BrCl2N2O5/c1-14(33-18-7-5-17(25)6-8-18)23(30)29-28-13-15-3-10-21(22(11-15)32-2)34-24(31)16-4-9-19(26)20(27)12-16/h3-14H,1-2H3,(H,29,30). The highest BCUT2D eigenvalue weighted by Crippen LogP contribution is 2.29. The van der Waals surface area contributed by atoms with Gasteiger partial charge in [-0.2, -0.15) is 5.10 Å². The summed E-state index contributed by atoms with van der Waals surface area (Å²) in [5, 5.41) is 4.53. The normalized spacial score (nSPS) is 11.7. The predicted molar refractivity (Wildman–Crippen MR) is 134 cm³/mol. The molecule has 1 unspecified atom stereocenters. The fourth-order valence-corrected chi connectivity index (χ4v) is 3.23. The van der Waals surface area contributed by atoms with Gasteiger partial charge in [0.15, 0.2) is 17.6 Å². The Kier molecular flexibility index (Phi) is 8.92. The van der Waals surface area contributed by atoms with Crippen LogP contribution in [0.25, 0.3) is 0 Å². The van der Waals surface area contributed by atoms with E-state index in [9.17, 15) is 9.59 Å². The molecule has 34 heavy (non-hydrogen) atoms. The van der Waals surface area contributed by atoms with Gasteiger partial charge in [0.1, 0.15) is 5.75 Å². The molecule has 7 nitrogen and oxygen atoms in total. The molecule has 1 atom stereocenters. The topological polar surface area (TPSA) is 86.2 Å². The Morgan fingerprint density at radius 3 is 2.41 bits per heavy atom. The van der Waals surface area contributed by atoms with Crippen molar-refractivity contribution in [2.75, 3.05) is 7.11 Å². The highest BCUT2D eigenvalue weighted by molar-refractivity contribution is 9.10. The van der Waals surface area contributed by atoms with Crippen molar-refractivity contribution in [3.8, 4) is 17.2 Å². The summed E-state index contributed by atoms with van der Waals surface area (Å²) in [5.41, 5.74) is 3.27. The van der Waals surface area contributed by atoms with Crippen molar-refractivity contribution in [2.45, 2.75) is 13.0 Å². The summed E-state index contributed by atoms with van der Waals surface area (Å²) in [4.78, 5) is 24.6. The lowest BCUT2D eigenvalue weighted by molar-refractivity contribution is -0.127. The molecule has 0 aliphatic carbocycles. The van der Waals surface area contributed by atoms with Crippen LogP contribution in [0.1, 0.15) is 22.8 Å². The second-order valence-corrected chi connectivity index (χ2v) is 8.61. The second-order valence-electron chi connectivity index (χ2n) is 6.88. The van der Waals surface area contributed by atoms with Crippen LogP contribution in [0.2, 0.25) is 10.0 Å². The molecule has 3 aromatic rings. The highest BCUT2D eigenvalue weighted by Gasteiger charge is 2.15. The van der Waals surface area contributed by atoms with Gasteiger partial charge in [0, 0.05) is 4.47 Å². The van der Waals surface area contributed by atoms with Crippen LogP contribution in [0.5, 0.6) is 17.2 Å². The van der Waals surface area contributed by atoms with Gasteiger partial charge >= 0.3 is 5.97 Å². The Morgan fingerprint density at radius 2 is 1.74 bits per heavy atom. The van der Waals surface area contributed by atoms with Crippen molar-refractivity contribution in [3.63, 3.8) is 0 Å². The Hall–Kier alpha value is -3.07. The first kappa shape index (κ1) is 25.6. The van der Waals surface area contributed by atoms with Crippen LogP contribution < -0.4 is 19.6 Å². The maximum atomic E-state index is 12.4. The number of carbonyl (C=O) groups excluding carboxylic acids is 2. The number of methoxy groups -OCH3 is 1. The summed E-state index contributed by atoms with van der Waals surface area (Å²) in [6, 6.07) is 16.4. The second kappa shape index (κ2) is 11.9. The molecule has 0 heterocycles. The number of hydrogen-bond donors (Lipinski definition) is 1. The van der Waals surface area contributed by atoms with Gasteiger partial charge in [0.2, 0.25) is 0 Å². The number of carbonyl (C=O) groups is 2.